The predicted octanol–water partition coefficient (Wildman–Crippen LogP) is 2.02. The summed E-state index contributed by atoms with van der Waals surface area (Å²) in [6.07, 6.45) is 0.123. The third kappa shape index (κ3) is 2.91. The van der Waals surface area contributed by atoms with Crippen LogP contribution in [0.4, 0.5) is 0 Å². The van der Waals surface area contributed by atoms with Crippen molar-refractivity contribution in [2.75, 3.05) is 13.2 Å². The molecule has 0 bridgehead atoms. The van der Waals surface area contributed by atoms with E-state index >= 15 is 0 Å². The van der Waals surface area contributed by atoms with Crippen molar-refractivity contribution in [1.82, 2.24) is 10.1 Å². The molecule has 2 heterocycles. The van der Waals surface area contributed by atoms with Crippen LogP contribution in [0.1, 0.15) is 43.1 Å². The standard InChI is InChI=1S/C15H19N3O3/c1-9(2)19-8-12(16)14-17-15(21-18-14)11-7-20-13-6-4-3-5-10(11)13/h3-6,9,11-12H,7-8,16H2,1-2H3. The monoisotopic (exact) mass is 289 g/mol. The zero-order valence-electron chi connectivity index (χ0n) is 12.2. The van der Waals surface area contributed by atoms with Crippen molar-refractivity contribution in [2.45, 2.75) is 31.9 Å². The number of benzene rings is 1. The number of nitrogens with two attached hydrogens (primary N) is 1. The zero-order valence-corrected chi connectivity index (χ0v) is 12.2. The van der Waals surface area contributed by atoms with E-state index in [1.807, 2.05) is 38.1 Å². The average molecular weight is 289 g/mol. The van der Waals surface area contributed by atoms with Crippen molar-refractivity contribution < 1.29 is 14.0 Å². The van der Waals surface area contributed by atoms with Gasteiger partial charge in [-0.15, -0.1) is 0 Å². The van der Waals surface area contributed by atoms with E-state index in [2.05, 4.69) is 10.1 Å². The Labute approximate surface area is 123 Å². The molecule has 0 radical (unpaired) electrons. The van der Waals surface area contributed by atoms with Crippen LogP contribution in [0, 0.1) is 0 Å². The first kappa shape index (κ1) is 14.0. The summed E-state index contributed by atoms with van der Waals surface area (Å²) in [5.41, 5.74) is 7.08. The molecule has 0 amide bonds. The highest BCUT2D eigenvalue weighted by molar-refractivity contribution is 5.42. The number of hydrogen-bond acceptors (Lipinski definition) is 6. The summed E-state index contributed by atoms with van der Waals surface area (Å²) in [5, 5.41) is 3.96. The van der Waals surface area contributed by atoms with Crippen LogP contribution in [-0.4, -0.2) is 29.5 Å². The topological polar surface area (TPSA) is 83.4 Å². The number of fused-ring (bicyclic) bond motifs is 1. The van der Waals surface area contributed by atoms with Gasteiger partial charge in [0.2, 0.25) is 5.89 Å². The molecule has 6 nitrogen and oxygen atoms in total. The summed E-state index contributed by atoms with van der Waals surface area (Å²) < 4.78 is 16.5. The summed E-state index contributed by atoms with van der Waals surface area (Å²) in [6.45, 7) is 4.80. The van der Waals surface area contributed by atoms with Gasteiger partial charge in [-0.25, -0.2) is 0 Å². The molecule has 6 heteroatoms. The van der Waals surface area contributed by atoms with Crippen LogP contribution >= 0.6 is 0 Å². The van der Waals surface area contributed by atoms with E-state index < -0.39 is 0 Å². The fourth-order valence-corrected chi connectivity index (χ4v) is 2.28. The molecular weight excluding hydrogens is 270 g/mol. The van der Waals surface area contributed by atoms with Gasteiger partial charge in [-0.1, -0.05) is 23.4 Å². The van der Waals surface area contributed by atoms with Crippen LogP contribution in [0.5, 0.6) is 5.75 Å². The van der Waals surface area contributed by atoms with Crippen molar-refractivity contribution in [3.63, 3.8) is 0 Å². The number of hydrogen-bond donors (Lipinski definition) is 1. The van der Waals surface area contributed by atoms with E-state index in [-0.39, 0.29) is 18.1 Å². The summed E-state index contributed by atoms with van der Waals surface area (Å²) in [7, 11) is 0. The first-order valence-electron chi connectivity index (χ1n) is 7.07. The van der Waals surface area contributed by atoms with Crippen LogP contribution < -0.4 is 10.5 Å². The van der Waals surface area contributed by atoms with Gasteiger partial charge in [0.15, 0.2) is 5.82 Å². The summed E-state index contributed by atoms with van der Waals surface area (Å²) in [6, 6.07) is 7.48. The maximum Gasteiger partial charge on any atom is 0.237 e. The lowest BCUT2D eigenvalue weighted by Gasteiger charge is -2.10. The van der Waals surface area contributed by atoms with Gasteiger partial charge in [0.25, 0.3) is 0 Å². The second kappa shape index (κ2) is 5.83. The fraction of sp³-hybridized carbons (Fsp3) is 0.467. The molecule has 1 aliphatic rings. The van der Waals surface area contributed by atoms with E-state index in [0.29, 0.717) is 24.9 Å². The molecule has 1 aliphatic heterocycles. The van der Waals surface area contributed by atoms with Crippen molar-refractivity contribution in [2.24, 2.45) is 5.73 Å². The Balaban J connectivity index is 1.74. The van der Waals surface area contributed by atoms with E-state index in [9.17, 15) is 0 Å². The molecule has 0 saturated carbocycles. The van der Waals surface area contributed by atoms with Crippen molar-refractivity contribution in [1.29, 1.82) is 0 Å². The maximum atomic E-state index is 6.01. The smallest absolute Gasteiger partial charge is 0.237 e. The first-order valence-corrected chi connectivity index (χ1v) is 7.07. The van der Waals surface area contributed by atoms with Gasteiger partial charge in [-0.2, -0.15) is 4.98 Å². The molecule has 1 aromatic carbocycles. The van der Waals surface area contributed by atoms with E-state index in [1.54, 1.807) is 0 Å². The zero-order chi connectivity index (χ0) is 14.8. The highest BCUT2D eigenvalue weighted by Crippen LogP contribution is 2.37. The Morgan fingerprint density at radius 3 is 3.00 bits per heavy atom. The Bertz CT molecular complexity index is 612. The molecule has 0 saturated heterocycles. The van der Waals surface area contributed by atoms with Crippen LogP contribution in [0.25, 0.3) is 0 Å². The molecule has 0 spiro atoms. The van der Waals surface area contributed by atoms with Gasteiger partial charge >= 0.3 is 0 Å². The Kier molecular flexibility index (Phi) is 3.90. The van der Waals surface area contributed by atoms with Gasteiger partial charge in [0, 0.05) is 5.56 Å². The minimum atomic E-state index is -0.387. The summed E-state index contributed by atoms with van der Waals surface area (Å²) in [4.78, 5) is 4.41. The second-order valence-corrected chi connectivity index (χ2v) is 5.38. The molecular formula is C15H19N3O3. The first-order chi connectivity index (χ1) is 10.1. The average Bonchev–Trinajstić information content (AvgIpc) is 3.10. The van der Waals surface area contributed by atoms with Crippen molar-refractivity contribution in [3.8, 4) is 5.75 Å². The Morgan fingerprint density at radius 2 is 2.19 bits per heavy atom. The van der Waals surface area contributed by atoms with Crippen LogP contribution in [0.15, 0.2) is 28.8 Å². The number of para-hydroxylation sites is 1. The van der Waals surface area contributed by atoms with Gasteiger partial charge in [-0.3, -0.25) is 0 Å². The summed E-state index contributed by atoms with van der Waals surface area (Å²) >= 11 is 0. The molecule has 2 aromatic rings. The van der Waals surface area contributed by atoms with Gasteiger partial charge in [0.05, 0.1) is 18.8 Å². The lowest BCUT2D eigenvalue weighted by atomic mass is 10.0. The number of ether oxygens (including phenoxy) is 2. The normalized spacial score (nSPS) is 18.6. The largest absolute Gasteiger partial charge is 0.492 e. The summed E-state index contributed by atoms with van der Waals surface area (Å²) in [5.74, 6) is 1.85. The van der Waals surface area contributed by atoms with Gasteiger partial charge < -0.3 is 19.7 Å². The minimum Gasteiger partial charge on any atom is -0.492 e. The number of aromatic nitrogens is 2. The van der Waals surface area contributed by atoms with Crippen molar-refractivity contribution in [3.05, 3.63) is 41.5 Å². The number of rotatable bonds is 5. The predicted molar refractivity (Wildman–Crippen MR) is 76.1 cm³/mol. The molecule has 0 aliphatic carbocycles. The highest BCUT2D eigenvalue weighted by Gasteiger charge is 2.30. The number of nitrogens with zero attached hydrogens (tertiary/aromatic N) is 2. The SMILES string of the molecule is CC(C)OCC(N)c1noc(C2COc3ccccc32)n1. The minimum absolute atomic E-state index is 0.0272. The third-order valence-electron chi connectivity index (χ3n) is 3.40. The molecule has 2 atom stereocenters. The second-order valence-electron chi connectivity index (χ2n) is 5.38. The van der Waals surface area contributed by atoms with E-state index in [0.717, 1.165) is 11.3 Å². The molecule has 1 aromatic heterocycles. The van der Waals surface area contributed by atoms with Gasteiger partial charge in [-0.05, 0) is 19.9 Å². The van der Waals surface area contributed by atoms with Crippen molar-refractivity contribution >= 4 is 0 Å². The molecule has 3 rings (SSSR count). The van der Waals surface area contributed by atoms with E-state index in [4.69, 9.17) is 19.7 Å². The quantitative estimate of drug-likeness (QED) is 0.906. The maximum absolute atomic E-state index is 6.01. The molecule has 21 heavy (non-hydrogen) atoms. The molecule has 2 unspecified atom stereocenters. The van der Waals surface area contributed by atoms with Crippen LogP contribution in [0.3, 0.4) is 0 Å². The highest BCUT2D eigenvalue weighted by atomic mass is 16.5. The lowest BCUT2D eigenvalue weighted by molar-refractivity contribution is 0.0665. The third-order valence-corrected chi connectivity index (χ3v) is 3.40. The molecule has 112 valence electrons. The fourth-order valence-electron chi connectivity index (χ4n) is 2.28. The van der Waals surface area contributed by atoms with Gasteiger partial charge in [0.1, 0.15) is 18.3 Å². The molecule has 0 fully saturated rings. The van der Waals surface area contributed by atoms with E-state index in [1.165, 1.54) is 0 Å². The Morgan fingerprint density at radius 1 is 1.38 bits per heavy atom. The lowest BCUT2D eigenvalue weighted by Crippen LogP contribution is -2.21. The van der Waals surface area contributed by atoms with Crippen LogP contribution in [-0.2, 0) is 4.74 Å². The Hall–Kier alpha value is -1.92. The molecule has 2 N–H and O–H groups in total. The van der Waals surface area contributed by atoms with Crippen LogP contribution in [0.2, 0.25) is 0 Å².